The molecule has 3 N–H and O–H groups in total. The lowest BCUT2D eigenvalue weighted by Gasteiger charge is -2.12. The number of hydrogen-bond donors (Lipinski definition) is 3. The van der Waals surface area contributed by atoms with Gasteiger partial charge in [-0.05, 0) is 36.2 Å². The number of carbonyl (C=O) groups excluding carboxylic acids is 2. The Morgan fingerprint density at radius 2 is 2.16 bits per heavy atom. The number of hydrogen-bond acceptors (Lipinski definition) is 7. The number of aryl methyl sites for hydroxylation is 1. The standard InChI is InChI=1S/C21H22N6O4/c1-13-6-7-14(19-25-18(31-26-19)8-9-22-21(29)30-2)11-15(13)24-20(28)16-12-23-17-5-3-4-10-27(16)17/h3-7,10-12,19,26H,8-9H2,1-2H3,(H,22,29)(H,24,28). The van der Waals surface area contributed by atoms with E-state index in [0.29, 0.717) is 35.9 Å². The normalized spacial score (nSPS) is 15.3. The van der Waals surface area contributed by atoms with Gasteiger partial charge in [0.2, 0.25) is 5.90 Å². The number of aromatic nitrogens is 2. The molecule has 31 heavy (non-hydrogen) atoms. The van der Waals surface area contributed by atoms with Gasteiger partial charge in [0.25, 0.3) is 5.91 Å². The molecule has 0 saturated heterocycles. The first-order chi connectivity index (χ1) is 15.0. The first-order valence-corrected chi connectivity index (χ1v) is 9.70. The SMILES string of the molecule is COC(=O)NCCC1=NC(c2ccc(C)c(NC(=O)c3cnc4ccccn34)c2)NO1. The van der Waals surface area contributed by atoms with E-state index in [1.807, 2.05) is 43.3 Å². The fraction of sp³-hybridized carbons (Fsp3) is 0.238. The summed E-state index contributed by atoms with van der Waals surface area (Å²) in [6.07, 6.45) is 2.84. The predicted molar refractivity (Wildman–Crippen MR) is 114 cm³/mol. The minimum absolute atomic E-state index is 0.257. The van der Waals surface area contributed by atoms with E-state index < -0.39 is 12.3 Å². The van der Waals surface area contributed by atoms with Crippen LogP contribution in [0, 0.1) is 6.92 Å². The molecule has 3 aromatic rings. The first-order valence-electron chi connectivity index (χ1n) is 9.70. The highest BCUT2D eigenvalue weighted by Crippen LogP contribution is 2.25. The number of fused-ring (bicyclic) bond motifs is 1. The van der Waals surface area contributed by atoms with E-state index in [0.717, 1.165) is 11.1 Å². The number of nitrogens with zero attached hydrogens (tertiary/aromatic N) is 3. The van der Waals surface area contributed by atoms with Crippen molar-refractivity contribution < 1.29 is 19.2 Å². The maximum Gasteiger partial charge on any atom is 0.406 e. The maximum atomic E-state index is 12.8. The van der Waals surface area contributed by atoms with Crippen LogP contribution in [-0.4, -0.2) is 40.9 Å². The highest BCUT2D eigenvalue weighted by Gasteiger charge is 2.21. The number of ether oxygens (including phenoxy) is 1. The van der Waals surface area contributed by atoms with Crippen molar-refractivity contribution in [2.75, 3.05) is 19.0 Å². The van der Waals surface area contributed by atoms with E-state index in [2.05, 4.69) is 30.8 Å². The van der Waals surface area contributed by atoms with Crippen molar-refractivity contribution in [1.29, 1.82) is 0 Å². The summed E-state index contributed by atoms with van der Waals surface area (Å²) in [7, 11) is 1.31. The predicted octanol–water partition coefficient (Wildman–Crippen LogP) is 2.57. The molecule has 10 heteroatoms. The molecule has 10 nitrogen and oxygen atoms in total. The number of rotatable bonds is 6. The Balaban J connectivity index is 1.46. The zero-order valence-electron chi connectivity index (χ0n) is 17.1. The van der Waals surface area contributed by atoms with Crippen LogP contribution < -0.4 is 16.1 Å². The van der Waals surface area contributed by atoms with Crippen LogP contribution in [0.25, 0.3) is 5.65 Å². The molecule has 1 aromatic carbocycles. The van der Waals surface area contributed by atoms with E-state index in [1.165, 1.54) is 7.11 Å². The molecule has 1 aliphatic rings. The van der Waals surface area contributed by atoms with Gasteiger partial charge in [0.05, 0.1) is 13.3 Å². The van der Waals surface area contributed by atoms with Crippen LogP contribution in [0.3, 0.4) is 0 Å². The fourth-order valence-corrected chi connectivity index (χ4v) is 3.15. The number of nitrogens with one attached hydrogen (secondary N) is 3. The van der Waals surface area contributed by atoms with Crippen LogP contribution in [0.4, 0.5) is 10.5 Å². The molecule has 2 amide bonds. The molecule has 0 aliphatic carbocycles. The van der Waals surface area contributed by atoms with Gasteiger partial charge in [-0.1, -0.05) is 18.2 Å². The zero-order chi connectivity index (χ0) is 21.8. The molecule has 3 heterocycles. The molecule has 1 unspecified atom stereocenters. The van der Waals surface area contributed by atoms with Crippen LogP contribution >= 0.6 is 0 Å². The third-order valence-electron chi connectivity index (χ3n) is 4.83. The number of alkyl carbamates (subject to hydrolysis) is 1. The highest BCUT2D eigenvalue weighted by molar-refractivity contribution is 6.04. The van der Waals surface area contributed by atoms with E-state index in [9.17, 15) is 9.59 Å². The Morgan fingerprint density at radius 1 is 1.29 bits per heavy atom. The molecule has 1 atom stereocenters. The number of methoxy groups -OCH3 is 1. The van der Waals surface area contributed by atoms with Gasteiger partial charge in [-0.15, -0.1) is 5.48 Å². The minimum atomic E-state index is -0.506. The molecule has 0 spiro atoms. The van der Waals surface area contributed by atoms with E-state index in [1.54, 1.807) is 16.8 Å². The zero-order valence-corrected chi connectivity index (χ0v) is 17.1. The summed E-state index contributed by atoms with van der Waals surface area (Å²) in [4.78, 5) is 38.1. The molecule has 2 aromatic heterocycles. The van der Waals surface area contributed by atoms with E-state index >= 15 is 0 Å². The van der Waals surface area contributed by atoms with E-state index in [4.69, 9.17) is 4.84 Å². The summed E-state index contributed by atoms with van der Waals surface area (Å²) in [5.41, 5.74) is 6.41. The van der Waals surface area contributed by atoms with Gasteiger partial charge in [0.15, 0.2) is 6.17 Å². The molecule has 0 radical (unpaired) electrons. The lowest BCUT2D eigenvalue weighted by atomic mass is 10.1. The number of aliphatic imine (C=N–C) groups is 1. The van der Waals surface area contributed by atoms with Crippen molar-refractivity contribution in [2.24, 2.45) is 4.99 Å². The molecule has 4 rings (SSSR count). The van der Waals surface area contributed by atoms with Gasteiger partial charge in [-0.3, -0.25) is 9.20 Å². The average Bonchev–Trinajstić information content (AvgIpc) is 3.42. The third-order valence-corrected chi connectivity index (χ3v) is 4.83. The van der Waals surface area contributed by atoms with Crippen LogP contribution in [0.2, 0.25) is 0 Å². The minimum Gasteiger partial charge on any atom is -0.453 e. The van der Waals surface area contributed by atoms with Crippen molar-refractivity contribution in [2.45, 2.75) is 19.5 Å². The summed E-state index contributed by atoms with van der Waals surface area (Å²) in [6.45, 7) is 2.26. The lowest BCUT2D eigenvalue weighted by Crippen LogP contribution is -2.26. The van der Waals surface area contributed by atoms with Crippen molar-refractivity contribution in [3.05, 3.63) is 65.6 Å². The van der Waals surface area contributed by atoms with Crippen molar-refractivity contribution in [3.63, 3.8) is 0 Å². The van der Waals surface area contributed by atoms with Crippen LogP contribution in [0.1, 0.15) is 34.2 Å². The summed E-state index contributed by atoms with van der Waals surface area (Å²) in [6, 6.07) is 11.2. The average molecular weight is 422 g/mol. The number of pyridine rings is 1. The molecular weight excluding hydrogens is 400 g/mol. The van der Waals surface area contributed by atoms with Crippen LogP contribution in [0.15, 0.2) is 53.8 Å². The van der Waals surface area contributed by atoms with Crippen molar-refractivity contribution >= 4 is 29.2 Å². The van der Waals surface area contributed by atoms with Gasteiger partial charge in [0, 0.05) is 24.8 Å². The number of anilines is 1. The second kappa shape index (κ2) is 8.84. The molecule has 1 aliphatic heterocycles. The Labute approximate surface area is 178 Å². The Morgan fingerprint density at radius 3 is 3.00 bits per heavy atom. The number of hydroxylamine groups is 1. The topological polar surface area (TPSA) is 118 Å². The maximum absolute atomic E-state index is 12.8. The Hall–Kier alpha value is -3.92. The Bertz CT molecular complexity index is 1160. The second-order valence-corrected chi connectivity index (χ2v) is 6.91. The van der Waals surface area contributed by atoms with Gasteiger partial charge in [-0.2, -0.15) is 0 Å². The summed E-state index contributed by atoms with van der Waals surface area (Å²) in [5.74, 6) is 0.214. The molecule has 160 valence electrons. The quantitative estimate of drug-likeness (QED) is 0.562. The number of imidazole rings is 1. The Kier molecular flexibility index (Phi) is 5.80. The first kappa shape index (κ1) is 20.4. The largest absolute Gasteiger partial charge is 0.453 e. The number of benzene rings is 1. The fourth-order valence-electron chi connectivity index (χ4n) is 3.15. The summed E-state index contributed by atoms with van der Waals surface area (Å²) in [5, 5.41) is 5.53. The summed E-state index contributed by atoms with van der Waals surface area (Å²) >= 11 is 0. The molecule has 0 saturated carbocycles. The number of amides is 2. The number of carbonyl (C=O) groups is 2. The van der Waals surface area contributed by atoms with Gasteiger partial charge < -0.3 is 20.2 Å². The summed E-state index contributed by atoms with van der Waals surface area (Å²) < 4.78 is 6.26. The second-order valence-electron chi connectivity index (χ2n) is 6.91. The highest BCUT2D eigenvalue weighted by atomic mass is 16.7. The van der Waals surface area contributed by atoms with Crippen LogP contribution in [0.5, 0.6) is 0 Å². The van der Waals surface area contributed by atoms with Crippen LogP contribution in [-0.2, 0) is 9.57 Å². The molecule has 0 fully saturated rings. The van der Waals surface area contributed by atoms with Gasteiger partial charge in [-0.25, -0.2) is 14.8 Å². The van der Waals surface area contributed by atoms with Gasteiger partial charge in [0.1, 0.15) is 11.3 Å². The van der Waals surface area contributed by atoms with Gasteiger partial charge >= 0.3 is 6.09 Å². The van der Waals surface area contributed by atoms with Crippen molar-refractivity contribution in [3.8, 4) is 0 Å². The molecular formula is C21H22N6O4. The third kappa shape index (κ3) is 4.48. The van der Waals surface area contributed by atoms with Crippen molar-refractivity contribution in [1.82, 2.24) is 20.2 Å². The smallest absolute Gasteiger partial charge is 0.406 e. The lowest BCUT2D eigenvalue weighted by molar-refractivity contribution is 0.102. The monoisotopic (exact) mass is 422 g/mol. The molecule has 0 bridgehead atoms. The van der Waals surface area contributed by atoms with E-state index in [-0.39, 0.29) is 5.91 Å².